The van der Waals surface area contributed by atoms with Gasteiger partial charge in [0.2, 0.25) is 5.95 Å². The molecule has 0 saturated heterocycles. The van der Waals surface area contributed by atoms with Crippen LogP contribution in [0.5, 0.6) is 0 Å². The zero-order chi connectivity index (χ0) is 16.1. The first-order valence-corrected chi connectivity index (χ1v) is 7.20. The monoisotopic (exact) mass is 312 g/mol. The van der Waals surface area contributed by atoms with E-state index in [2.05, 4.69) is 25.9 Å². The lowest BCUT2D eigenvalue weighted by Gasteiger charge is -2.01. The van der Waals surface area contributed by atoms with Gasteiger partial charge < -0.3 is 9.84 Å². The maximum atomic E-state index is 11.8. The molecule has 2 heterocycles. The summed E-state index contributed by atoms with van der Waals surface area (Å²) in [5.74, 6) is 0.818. The molecule has 8 nitrogen and oxygen atoms in total. The zero-order valence-electron chi connectivity index (χ0n) is 12.6. The minimum atomic E-state index is -0.406. The number of nitrogens with zero attached hydrogens (tertiary/aromatic N) is 4. The van der Waals surface area contributed by atoms with Crippen molar-refractivity contribution >= 4 is 12.0 Å². The Morgan fingerprint density at radius 1 is 1.30 bits per heavy atom. The smallest absolute Gasteiger partial charge is 0.322 e. The van der Waals surface area contributed by atoms with Crippen molar-refractivity contribution in [2.24, 2.45) is 0 Å². The van der Waals surface area contributed by atoms with Gasteiger partial charge in [-0.25, -0.2) is 9.78 Å². The van der Waals surface area contributed by atoms with Crippen LogP contribution in [0.25, 0.3) is 11.3 Å². The second-order valence-electron chi connectivity index (χ2n) is 4.78. The predicted octanol–water partition coefficient (Wildman–Crippen LogP) is 2.27. The van der Waals surface area contributed by atoms with Crippen molar-refractivity contribution in [3.05, 3.63) is 48.5 Å². The fraction of sp³-hybridized carbons (Fsp3) is 0.200. The first kappa shape index (κ1) is 14.8. The summed E-state index contributed by atoms with van der Waals surface area (Å²) in [5, 5.41) is 13.3. The van der Waals surface area contributed by atoms with Crippen LogP contribution in [0, 0.1) is 0 Å². The average Bonchev–Trinajstić information content (AvgIpc) is 3.23. The maximum Gasteiger partial charge on any atom is 0.322 e. The fourth-order valence-corrected chi connectivity index (χ4v) is 1.96. The standard InChI is InChI=1S/C15H16N6O2/c1-2-21-10-17-14(19-21)18-15(22)16-9-12-8-13(20-23-12)11-6-4-3-5-7-11/h3-8,10H,2,9H2,1H3,(H2,16,18,19,22). The Bertz CT molecular complexity index is 780. The Balaban J connectivity index is 1.54. The second kappa shape index (κ2) is 6.73. The lowest BCUT2D eigenvalue weighted by molar-refractivity contribution is 0.250. The van der Waals surface area contributed by atoms with Crippen LogP contribution in [-0.4, -0.2) is 26.0 Å². The fourth-order valence-electron chi connectivity index (χ4n) is 1.96. The van der Waals surface area contributed by atoms with Crippen LogP contribution in [0.4, 0.5) is 10.7 Å². The van der Waals surface area contributed by atoms with E-state index in [4.69, 9.17) is 4.52 Å². The van der Waals surface area contributed by atoms with Crippen molar-refractivity contribution in [3.8, 4) is 11.3 Å². The first-order valence-electron chi connectivity index (χ1n) is 7.20. The van der Waals surface area contributed by atoms with Crippen LogP contribution >= 0.6 is 0 Å². The lowest BCUT2D eigenvalue weighted by atomic mass is 10.1. The van der Waals surface area contributed by atoms with Gasteiger partial charge in [-0.2, -0.15) is 0 Å². The van der Waals surface area contributed by atoms with Crippen LogP contribution in [0.2, 0.25) is 0 Å². The van der Waals surface area contributed by atoms with E-state index >= 15 is 0 Å². The normalized spacial score (nSPS) is 10.5. The molecule has 0 aliphatic heterocycles. The van der Waals surface area contributed by atoms with Crippen molar-refractivity contribution in [2.75, 3.05) is 5.32 Å². The highest BCUT2D eigenvalue weighted by Gasteiger charge is 2.09. The molecule has 3 aromatic rings. The summed E-state index contributed by atoms with van der Waals surface area (Å²) >= 11 is 0. The Morgan fingerprint density at radius 3 is 2.87 bits per heavy atom. The van der Waals surface area contributed by atoms with Crippen LogP contribution in [0.1, 0.15) is 12.7 Å². The molecule has 2 amide bonds. The molecular formula is C15H16N6O2. The molecule has 2 aromatic heterocycles. The molecule has 0 aliphatic carbocycles. The number of carbonyl (C=O) groups excluding carboxylic acids is 1. The minimum absolute atomic E-state index is 0.222. The molecule has 0 spiro atoms. The van der Waals surface area contributed by atoms with Crippen LogP contribution in [0.3, 0.4) is 0 Å². The van der Waals surface area contributed by atoms with E-state index in [-0.39, 0.29) is 12.5 Å². The largest absolute Gasteiger partial charge is 0.359 e. The zero-order valence-corrected chi connectivity index (χ0v) is 12.6. The van der Waals surface area contributed by atoms with Crippen molar-refractivity contribution in [3.63, 3.8) is 0 Å². The third kappa shape index (κ3) is 3.73. The number of nitrogens with one attached hydrogen (secondary N) is 2. The molecule has 0 fully saturated rings. The van der Waals surface area contributed by atoms with Crippen LogP contribution in [-0.2, 0) is 13.1 Å². The highest BCUT2D eigenvalue weighted by molar-refractivity contribution is 5.87. The van der Waals surface area contributed by atoms with Gasteiger partial charge in [0.1, 0.15) is 12.0 Å². The molecule has 1 aromatic carbocycles. The van der Waals surface area contributed by atoms with Crippen molar-refractivity contribution < 1.29 is 9.32 Å². The molecule has 118 valence electrons. The van der Waals surface area contributed by atoms with E-state index in [1.807, 2.05) is 37.3 Å². The van der Waals surface area contributed by atoms with Gasteiger partial charge in [-0.1, -0.05) is 35.5 Å². The highest BCUT2D eigenvalue weighted by Crippen LogP contribution is 2.18. The molecule has 0 radical (unpaired) electrons. The maximum absolute atomic E-state index is 11.8. The number of hydrogen-bond acceptors (Lipinski definition) is 5. The topological polar surface area (TPSA) is 97.9 Å². The third-order valence-electron chi connectivity index (χ3n) is 3.14. The summed E-state index contributed by atoms with van der Waals surface area (Å²) in [4.78, 5) is 15.8. The number of aryl methyl sites for hydroxylation is 1. The number of urea groups is 1. The van der Waals surface area contributed by atoms with Gasteiger partial charge in [-0.05, 0) is 6.92 Å². The van der Waals surface area contributed by atoms with Crippen molar-refractivity contribution in [1.82, 2.24) is 25.2 Å². The van der Waals surface area contributed by atoms with E-state index in [9.17, 15) is 4.79 Å². The molecule has 0 atom stereocenters. The molecule has 2 N–H and O–H groups in total. The summed E-state index contributed by atoms with van der Waals surface area (Å²) in [5.41, 5.74) is 1.69. The van der Waals surface area contributed by atoms with Gasteiger partial charge in [0.05, 0.1) is 6.54 Å². The van der Waals surface area contributed by atoms with E-state index < -0.39 is 6.03 Å². The molecule has 8 heteroatoms. The Labute approximate surface area is 132 Å². The molecule has 0 aliphatic rings. The van der Waals surface area contributed by atoms with E-state index in [1.54, 1.807) is 17.1 Å². The summed E-state index contributed by atoms with van der Waals surface area (Å²) in [6, 6.07) is 11.1. The van der Waals surface area contributed by atoms with Gasteiger partial charge in [0.25, 0.3) is 0 Å². The van der Waals surface area contributed by atoms with Gasteiger partial charge in [-0.3, -0.25) is 10.00 Å². The Kier molecular flexibility index (Phi) is 4.32. The minimum Gasteiger partial charge on any atom is -0.359 e. The Morgan fingerprint density at radius 2 is 2.13 bits per heavy atom. The summed E-state index contributed by atoms with van der Waals surface area (Å²) in [6.07, 6.45) is 1.55. The summed E-state index contributed by atoms with van der Waals surface area (Å²) in [6.45, 7) is 2.85. The quantitative estimate of drug-likeness (QED) is 0.753. The van der Waals surface area contributed by atoms with Crippen molar-refractivity contribution in [1.29, 1.82) is 0 Å². The molecule has 23 heavy (non-hydrogen) atoms. The second-order valence-corrected chi connectivity index (χ2v) is 4.78. The van der Waals surface area contributed by atoms with E-state index in [0.717, 1.165) is 11.3 Å². The number of rotatable bonds is 5. The van der Waals surface area contributed by atoms with E-state index in [0.29, 0.717) is 12.3 Å². The van der Waals surface area contributed by atoms with Gasteiger partial charge >= 0.3 is 6.03 Å². The first-order chi connectivity index (χ1) is 11.2. The molecule has 0 unspecified atom stereocenters. The number of amides is 2. The summed E-state index contributed by atoms with van der Waals surface area (Å²) < 4.78 is 6.84. The van der Waals surface area contributed by atoms with Crippen LogP contribution in [0.15, 0.2) is 47.2 Å². The number of anilines is 1. The highest BCUT2D eigenvalue weighted by atomic mass is 16.5. The van der Waals surface area contributed by atoms with Crippen LogP contribution < -0.4 is 10.6 Å². The summed E-state index contributed by atoms with van der Waals surface area (Å²) in [7, 11) is 0. The van der Waals surface area contributed by atoms with Crippen molar-refractivity contribution in [2.45, 2.75) is 20.0 Å². The van der Waals surface area contributed by atoms with E-state index in [1.165, 1.54) is 0 Å². The number of hydrogen-bond donors (Lipinski definition) is 2. The third-order valence-corrected chi connectivity index (χ3v) is 3.14. The van der Waals surface area contributed by atoms with Gasteiger partial charge in [0, 0.05) is 18.2 Å². The number of benzene rings is 1. The number of carbonyl (C=O) groups is 1. The molecule has 0 bridgehead atoms. The molecule has 3 rings (SSSR count). The number of aromatic nitrogens is 4. The SMILES string of the molecule is CCn1cnc(NC(=O)NCc2cc(-c3ccccc3)no2)n1. The Hall–Kier alpha value is -3.16. The average molecular weight is 312 g/mol. The predicted molar refractivity (Wildman–Crippen MR) is 83.5 cm³/mol. The molecular weight excluding hydrogens is 296 g/mol. The lowest BCUT2D eigenvalue weighted by Crippen LogP contribution is -2.28. The molecule has 0 saturated carbocycles. The van der Waals surface area contributed by atoms with Gasteiger partial charge in [0.15, 0.2) is 5.76 Å². The van der Waals surface area contributed by atoms with Gasteiger partial charge in [-0.15, -0.1) is 5.10 Å².